The molecule has 0 aromatic carbocycles. The summed E-state index contributed by atoms with van der Waals surface area (Å²) >= 11 is 0. The van der Waals surface area contributed by atoms with Crippen molar-refractivity contribution in [2.45, 2.75) is 40.2 Å². The Kier molecular flexibility index (Phi) is 10.7. The van der Waals surface area contributed by atoms with Crippen LogP contribution >= 0.6 is 0 Å². The highest BCUT2D eigenvalue weighted by Crippen LogP contribution is 2.06. The van der Waals surface area contributed by atoms with E-state index >= 15 is 0 Å². The second kappa shape index (κ2) is 11.9. The monoisotopic (exact) mass is 358 g/mol. The molecule has 0 saturated heterocycles. The molecular formula is C16H26N2O7. The minimum Gasteiger partial charge on any atom is -0.466 e. The minimum atomic E-state index is -1.02. The van der Waals surface area contributed by atoms with Crippen molar-refractivity contribution >= 4 is 23.9 Å². The van der Waals surface area contributed by atoms with Crippen molar-refractivity contribution in [3.8, 4) is 0 Å². The number of carbonyl (C=O) groups excluding carboxylic acids is 4. The molecular weight excluding hydrogens is 332 g/mol. The molecule has 0 aliphatic rings. The van der Waals surface area contributed by atoms with Gasteiger partial charge in [0.15, 0.2) is 0 Å². The van der Waals surface area contributed by atoms with Crippen molar-refractivity contribution < 1.29 is 33.4 Å². The fraction of sp³-hybridized carbons (Fsp3) is 0.625. The van der Waals surface area contributed by atoms with Gasteiger partial charge in [-0.15, -0.1) is 0 Å². The first-order chi connectivity index (χ1) is 11.7. The number of hydrogen-bond acceptors (Lipinski definition) is 7. The number of nitrogens with one attached hydrogen (secondary N) is 1. The van der Waals surface area contributed by atoms with Gasteiger partial charge in [0.05, 0.1) is 25.4 Å². The van der Waals surface area contributed by atoms with Crippen molar-refractivity contribution in [1.82, 2.24) is 10.2 Å². The van der Waals surface area contributed by atoms with Crippen LogP contribution in [0.5, 0.6) is 0 Å². The van der Waals surface area contributed by atoms with Crippen molar-refractivity contribution in [3.63, 3.8) is 0 Å². The summed E-state index contributed by atoms with van der Waals surface area (Å²) in [5.74, 6) is -1.55. The van der Waals surface area contributed by atoms with Crippen LogP contribution in [-0.4, -0.2) is 61.2 Å². The molecule has 0 fully saturated rings. The Labute approximate surface area is 147 Å². The van der Waals surface area contributed by atoms with Crippen molar-refractivity contribution in [2.75, 3.05) is 26.3 Å². The molecule has 1 N–H and O–H groups in total. The molecule has 0 aromatic heterocycles. The molecule has 0 aliphatic carbocycles. The third-order valence-corrected chi connectivity index (χ3v) is 2.88. The number of carbonyl (C=O) groups is 4. The first-order valence-electron chi connectivity index (χ1n) is 7.95. The maximum Gasteiger partial charge on any atom is 0.416 e. The van der Waals surface area contributed by atoms with Gasteiger partial charge in [-0.2, -0.15) is 0 Å². The number of allylic oxidation sites excluding steroid dienone is 1. The summed E-state index contributed by atoms with van der Waals surface area (Å²) in [5.41, 5.74) is 0. The van der Waals surface area contributed by atoms with E-state index in [2.05, 4.69) is 11.9 Å². The second-order valence-corrected chi connectivity index (χ2v) is 5.02. The largest absolute Gasteiger partial charge is 0.466 e. The van der Waals surface area contributed by atoms with E-state index in [1.807, 2.05) is 0 Å². The number of esters is 2. The number of amides is 2. The van der Waals surface area contributed by atoms with E-state index in [9.17, 15) is 19.2 Å². The molecule has 1 unspecified atom stereocenters. The molecule has 0 heterocycles. The van der Waals surface area contributed by atoms with Crippen LogP contribution in [0.3, 0.4) is 0 Å². The summed E-state index contributed by atoms with van der Waals surface area (Å²) in [6, 6.07) is -1.02. The molecule has 0 bridgehead atoms. The minimum absolute atomic E-state index is 0.000386. The van der Waals surface area contributed by atoms with E-state index in [0.717, 1.165) is 4.90 Å². The highest BCUT2D eigenvalue weighted by Gasteiger charge is 2.29. The average Bonchev–Trinajstić information content (AvgIpc) is 2.51. The maximum atomic E-state index is 12.2. The number of ether oxygens (including phenoxy) is 3. The Hall–Kier alpha value is -2.58. The van der Waals surface area contributed by atoms with Gasteiger partial charge in [-0.3, -0.25) is 19.3 Å². The Bertz CT molecular complexity index is 505. The molecule has 0 spiro atoms. The van der Waals surface area contributed by atoms with Gasteiger partial charge >= 0.3 is 18.0 Å². The van der Waals surface area contributed by atoms with Gasteiger partial charge in [0, 0.05) is 6.54 Å². The third kappa shape index (κ3) is 9.33. The lowest BCUT2D eigenvalue weighted by Crippen LogP contribution is -2.50. The molecule has 9 heteroatoms. The van der Waals surface area contributed by atoms with Gasteiger partial charge in [0.25, 0.3) is 0 Å². The number of hydrogen-bond donors (Lipinski definition) is 1. The van der Waals surface area contributed by atoms with E-state index in [0.29, 0.717) is 0 Å². The smallest absolute Gasteiger partial charge is 0.416 e. The topological polar surface area (TPSA) is 111 Å². The summed E-state index contributed by atoms with van der Waals surface area (Å²) in [6.07, 6.45) is -0.894. The molecule has 2 amide bonds. The van der Waals surface area contributed by atoms with Crippen LogP contribution in [0.15, 0.2) is 12.3 Å². The van der Waals surface area contributed by atoms with Crippen LogP contribution in [0, 0.1) is 0 Å². The fourth-order valence-electron chi connectivity index (χ4n) is 1.72. The lowest BCUT2D eigenvalue weighted by atomic mass is 10.2. The van der Waals surface area contributed by atoms with Crippen molar-refractivity contribution in [2.24, 2.45) is 0 Å². The van der Waals surface area contributed by atoms with E-state index in [4.69, 9.17) is 14.2 Å². The van der Waals surface area contributed by atoms with Gasteiger partial charge in [-0.25, -0.2) is 4.79 Å². The Morgan fingerprint density at radius 3 is 2.16 bits per heavy atom. The van der Waals surface area contributed by atoms with E-state index in [-0.39, 0.29) is 31.9 Å². The van der Waals surface area contributed by atoms with Crippen LogP contribution in [0.25, 0.3) is 0 Å². The van der Waals surface area contributed by atoms with Crippen LogP contribution in [0.1, 0.15) is 34.1 Å². The molecule has 0 aliphatic heterocycles. The molecule has 0 radical (unpaired) electrons. The van der Waals surface area contributed by atoms with Crippen LogP contribution < -0.4 is 5.32 Å². The summed E-state index contributed by atoms with van der Waals surface area (Å²) in [5, 5.41) is 2.50. The van der Waals surface area contributed by atoms with Crippen molar-refractivity contribution in [1.29, 1.82) is 0 Å². The summed E-state index contributed by atoms with van der Waals surface area (Å²) < 4.78 is 14.4. The van der Waals surface area contributed by atoms with Gasteiger partial charge in [0.1, 0.15) is 12.6 Å². The highest BCUT2D eigenvalue weighted by molar-refractivity contribution is 5.88. The molecule has 0 rings (SSSR count). The van der Waals surface area contributed by atoms with Gasteiger partial charge in [-0.1, -0.05) is 6.58 Å². The summed E-state index contributed by atoms with van der Waals surface area (Å²) in [4.78, 5) is 48.1. The van der Waals surface area contributed by atoms with E-state index in [1.165, 1.54) is 13.8 Å². The van der Waals surface area contributed by atoms with Crippen LogP contribution in [-0.2, 0) is 28.6 Å². The Morgan fingerprint density at radius 1 is 1.08 bits per heavy atom. The summed E-state index contributed by atoms with van der Waals surface area (Å²) in [6.45, 7) is 9.63. The standard InChI is InChI=1S/C16H26N2O7/c1-6-23-13(19)8-9-17-15(21)12(5)18(10-14(20)24-7-2)16(22)25-11(3)4/h12H,3,6-10H2,1-2,4-5H3,(H,17,21). The normalized spacial score (nSPS) is 11.0. The molecule has 9 nitrogen and oxygen atoms in total. The summed E-state index contributed by atoms with van der Waals surface area (Å²) in [7, 11) is 0. The predicted molar refractivity (Wildman–Crippen MR) is 88.4 cm³/mol. The lowest BCUT2D eigenvalue weighted by molar-refractivity contribution is -0.145. The SMILES string of the molecule is C=C(C)OC(=O)N(CC(=O)OCC)C(C)C(=O)NCCC(=O)OCC. The molecule has 142 valence electrons. The van der Waals surface area contributed by atoms with Gasteiger partial charge in [0.2, 0.25) is 5.91 Å². The predicted octanol–water partition coefficient (Wildman–Crippen LogP) is 0.980. The molecule has 1 atom stereocenters. The Morgan fingerprint density at radius 2 is 1.64 bits per heavy atom. The first-order valence-corrected chi connectivity index (χ1v) is 7.95. The quantitative estimate of drug-likeness (QED) is 0.352. The molecule has 0 aromatic rings. The zero-order chi connectivity index (χ0) is 19.4. The van der Waals surface area contributed by atoms with Gasteiger partial charge in [-0.05, 0) is 27.7 Å². The van der Waals surface area contributed by atoms with Crippen LogP contribution in [0.2, 0.25) is 0 Å². The number of nitrogens with zero attached hydrogens (tertiary/aromatic N) is 1. The van der Waals surface area contributed by atoms with E-state index < -0.39 is 36.5 Å². The molecule has 0 saturated carbocycles. The zero-order valence-corrected chi connectivity index (χ0v) is 15.1. The second-order valence-electron chi connectivity index (χ2n) is 5.02. The van der Waals surface area contributed by atoms with Crippen LogP contribution in [0.4, 0.5) is 4.79 Å². The van der Waals surface area contributed by atoms with Gasteiger partial charge < -0.3 is 19.5 Å². The highest BCUT2D eigenvalue weighted by atomic mass is 16.6. The Balaban J connectivity index is 4.82. The fourth-order valence-corrected chi connectivity index (χ4v) is 1.72. The zero-order valence-electron chi connectivity index (χ0n) is 15.1. The van der Waals surface area contributed by atoms with Crippen molar-refractivity contribution in [3.05, 3.63) is 12.3 Å². The maximum absolute atomic E-state index is 12.2. The lowest BCUT2D eigenvalue weighted by Gasteiger charge is -2.26. The average molecular weight is 358 g/mol. The first kappa shape index (κ1) is 22.4. The number of rotatable bonds is 10. The van der Waals surface area contributed by atoms with E-state index in [1.54, 1.807) is 13.8 Å². The third-order valence-electron chi connectivity index (χ3n) is 2.88. The molecule has 25 heavy (non-hydrogen) atoms.